The molecule has 0 aliphatic heterocycles. The van der Waals surface area contributed by atoms with Crippen molar-refractivity contribution < 1.29 is 14.7 Å². The third-order valence-electron chi connectivity index (χ3n) is 2.10. The second-order valence-corrected chi connectivity index (χ2v) is 3.32. The smallest absolute Gasteiger partial charge is 0.323 e. The first-order valence-electron chi connectivity index (χ1n) is 5.22. The van der Waals surface area contributed by atoms with E-state index in [-0.39, 0.29) is 6.54 Å². The van der Waals surface area contributed by atoms with Gasteiger partial charge in [-0.2, -0.15) is 5.10 Å². The van der Waals surface area contributed by atoms with Crippen molar-refractivity contribution in [3.05, 3.63) is 12.2 Å². The molecule has 1 aromatic rings. The molecule has 0 saturated carbocycles. The Hall–Kier alpha value is -2.12. The van der Waals surface area contributed by atoms with E-state index in [0.29, 0.717) is 25.3 Å². The molecule has 0 aliphatic rings. The number of hydrogen-bond donors (Lipinski definition) is 3. The van der Waals surface area contributed by atoms with Crippen molar-refractivity contribution in [1.82, 2.24) is 25.4 Å². The fourth-order valence-electron chi connectivity index (χ4n) is 1.24. The number of urea groups is 1. The zero-order valence-electron chi connectivity index (χ0n) is 9.51. The normalized spacial score (nSPS) is 9.94. The van der Waals surface area contributed by atoms with Crippen LogP contribution in [0.25, 0.3) is 0 Å². The minimum atomic E-state index is -1.03. The number of carboxylic acids is 1. The number of rotatable bonds is 6. The summed E-state index contributed by atoms with van der Waals surface area (Å²) in [5.41, 5.74) is 0. The summed E-state index contributed by atoms with van der Waals surface area (Å²) in [6.45, 7) is 2.15. The quantitative estimate of drug-likeness (QED) is 0.619. The third-order valence-corrected chi connectivity index (χ3v) is 2.10. The number of carbonyl (C=O) groups is 2. The Balaban J connectivity index is 2.29. The second-order valence-electron chi connectivity index (χ2n) is 3.32. The van der Waals surface area contributed by atoms with E-state index in [0.717, 1.165) is 0 Å². The molecule has 8 nitrogen and oxygen atoms in total. The lowest BCUT2D eigenvalue weighted by Crippen LogP contribution is -2.43. The first-order chi connectivity index (χ1) is 8.13. The number of hydrogen-bond acceptors (Lipinski definition) is 4. The molecule has 0 aliphatic carbocycles. The van der Waals surface area contributed by atoms with E-state index in [2.05, 4.69) is 20.5 Å². The minimum Gasteiger partial charge on any atom is -0.480 e. The number of aliphatic carboxylic acids is 1. The SMILES string of the molecule is CCN(CC(=O)O)C(=O)NCCc1ncn[nH]1. The number of aromatic amines is 1. The van der Waals surface area contributed by atoms with E-state index >= 15 is 0 Å². The lowest BCUT2D eigenvalue weighted by Gasteiger charge is -2.18. The summed E-state index contributed by atoms with van der Waals surface area (Å²) in [5, 5.41) is 17.5. The molecule has 1 heterocycles. The van der Waals surface area contributed by atoms with Gasteiger partial charge in [-0.1, -0.05) is 0 Å². The fraction of sp³-hybridized carbons (Fsp3) is 0.556. The van der Waals surface area contributed by atoms with Crippen LogP contribution < -0.4 is 5.32 Å². The number of nitrogens with one attached hydrogen (secondary N) is 2. The van der Waals surface area contributed by atoms with Crippen molar-refractivity contribution >= 4 is 12.0 Å². The second kappa shape index (κ2) is 6.46. The molecule has 2 amide bonds. The molecular weight excluding hydrogens is 226 g/mol. The fourth-order valence-corrected chi connectivity index (χ4v) is 1.24. The van der Waals surface area contributed by atoms with Crippen molar-refractivity contribution in [2.45, 2.75) is 13.3 Å². The summed E-state index contributed by atoms with van der Waals surface area (Å²) >= 11 is 0. The molecule has 17 heavy (non-hydrogen) atoms. The highest BCUT2D eigenvalue weighted by atomic mass is 16.4. The molecule has 0 saturated heterocycles. The average molecular weight is 241 g/mol. The van der Waals surface area contributed by atoms with Crippen LogP contribution in [0.15, 0.2) is 6.33 Å². The van der Waals surface area contributed by atoms with Crippen LogP contribution in [0.2, 0.25) is 0 Å². The lowest BCUT2D eigenvalue weighted by molar-refractivity contribution is -0.137. The number of nitrogens with zero attached hydrogens (tertiary/aromatic N) is 3. The number of aromatic nitrogens is 3. The highest BCUT2D eigenvalue weighted by Crippen LogP contribution is 1.90. The van der Waals surface area contributed by atoms with E-state index in [9.17, 15) is 9.59 Å². The Morgan fingerprint density at radius 3 is 2.88 bits per heavy atom. The first kappa shape index (κ1) is 12.9. The van der Waals surface area contributed by atoms with E-state index in [1.54, 1.807) is 6.92 Å². The van der Waals surface area contributed by atoms with Gasteiger partial charge in [0.1, 0.15) is 18.7 Å². The van der Waals surface area contributed by atoms with Crippen molar-refractivity contribution in [2.24, 2.45) is 0 Å². The van der Waals surface area contributed by atoms with Gasteiger partial charge in [0, 0.05) is 19.5 Å². The van der Waals surface area contributed by atoms with Crippen LogP contribution in [0.5, 0.6) is 0 Å². The average Bonchev–Trinajstić information content (AvgIpc) is 2.78. The van der Waals surface area contributed by atoms with E-state index in [1.165, 1.54) is 11.2 Å². The van der Waals surface area contributed by atoms with Gasteiger partial charge < -0.3 is 15.3 Å². The monoisotopic (exact) mass is 241 g/mol. The van der Waals surface area contributed by atoms with Crippen LogP contribution >= 0.6 is 0 Å². The predicted molar refractivity (Wildman–Crippen MR) is 58.4 cm³/mol. The number of carboxylic acid groups (broad SMARTS) is 1. The van der Waals surface area contributed by atoms with Gasteiger partial charge >= 0.3 is 12.0 Å². The summed E-state index contributed by atoms with van der Waals surface area (Å²) in [6.07, 6.45) is 1.91. The molecule has 1 aromatic heterocycles. The van der Waals surface area contributed by atoms with Crippen molar-refractivity contribution in [2.75, 3.05) is 19.6 Å². The number of likely N-dealkylation sites (N-methyl/N-ethyl adjacent to an activating group) is 1. The third kappa shape index (κ3) is 4.49. The Kier molecular flexibility index (Phi) is 4.92. The van der Waals surface area contributed by atoms with Crippen molar-refractivity contribution in [3.63, 3.8) is 0 Å². The predicted octanol–water partition coefficient (Wildman–Crippen LogP) is -0.537. The summed E-state index contributed by atoms with van der Waals surface area (Å²) in [7, 11) is 0. The largest absolute Gasteiger partial charge is 0.480 e. The standard InChI is InChI=1S/C9H15N5O3/c1-2-14(5-8(15)16)9(17)10-4-3-7-11-6-12-13-7/h6H,2-5H2,1H3,(H,10,17)(H,15,16)(H,11,12,13). The molecule has 0 aromatic carbocycles. The zero-order chi connectivity index (χ0) is 12.7. The maximum absolute atomic E-state index is 11.5. The first-order valence-corrected chi connectivity index (χ1v) is 5.22. The molecule has 94 valence electrons. The number of amides is 2. The number of carbonyl (C=O) groups excluding carboxylic acids is 1. The van der Waals surface area contributed by atoms with Crippen molar-refractivity contribution in [3.8, 4) is 0 Å². The van der Waals surface area contributed by atoms with Crippen molar-refractivity contribution in [1.29, 1.82) is 0 Å². The van der Waals surface area contributed by atoms with Crippen LogP contribution in [-0.2, 0) is 11.2 Å². The van der Waals surface area contributed by atoms with Crippen LogP contribution in [0, 0.1) is 0 Å². The number of H-pyrrole nitrogens is 1. The zero-order valence-corrected chi connectivity index (χ0v) is 9.51. The van der Waals surface area contributed by atoms with Crippen LogP contribution in [0.3, 0.4) is 0 Å². The highest BCUT2D eigenvalue weighted by molar-refractivity contribution is 5.79. The molecule has 0 fully saturated rings. The van der Waals surface area contributed by atoms with E-state index in [4.69, 9.17) is 5.11 Å². The maximum Gasteiger partial charge on any atom is 0.323 e. The molecule has 0 bridgehead atoms. The van der Waals surface area contributed by atoms with Gasteiger partial charge in [-0.05, 0) is 6.92 Å². The van der Waals surface area contributed by atoms with E-state index < -0.39 is 12.0 Å². The Labute approximate surface area is 98.0 Å². The van der Waals surface area contributed by atoms with Gasteiger partial charge in [0.15, 0.2) is 0 Å². The van der Waals surface area contributed by atoms with Gasteiger partial charge in [-0.3, -0.25) is 9.89 Å². The molecule has 0 radical (unpaired) electrons. The topological polar surface area (TPSA) is 111 Å². The Morgan fingerprint density at radius 1 is 1.59 bits per heavy atom. The molecule has 0 atom stereocenters. The van der Waals surface area contributed by atoms with Gasteiger partial charge in [0.2, 0.25) is 0 Å². The van der Waals surface area contributed by atoms with Gasteiger partial charge in [0.25, 0.3) is 0 Å². The molecule has 3 N–H and O–H groups in total. The van der Waals surface area contributed by atoms with E-state index in [1.807, 2.05) is 0 Å². The molecule has 0 unspecified atom stereocenters. The molecular formula is C9H15N5O3. The minimum absolute atomic E-state index is 0.301. The molecule has 0 spiro atoms. The van der Waals surface area contributed by atoms with Crippen LogP contribution in [0.4, 0.5) is 4.79 Å². The Morgan fingerprint density at radius 2 is 2.35 bits per heavy atom. The maximum atomic E-state index is 11.5. The van der Waals surface area contributed by atoms with Gasteiger partial charge in [0.05, 0.1) is 0 Å². The summed E-state index contributed by atoms with van der Waals surface area (Å²) in [6, 6.07) is -0.394. The molecule has 1 rings (SSSR count). The Bertz CT molecular complexity index is 365. The lowest BCUT2D eigenvalue weighted by atomic mass is 10.4. The summed E-state index contributed by atoms with van der Waals surface area (Å²) in [5.74, 6) is -0.358. The molecule has 8 heteroatoms. The van der Waals surface area contributed by atoms with Gasteiger partial charge in [-0.15, -0.1) is 0 Å². The summed E-state index contributed by atoms with van der Waals surface area (Å²) < 4.78 is 0. The summed E-state index contributed by atoms with van der Waals surface area (Å²) in [4.78, 5) is 27.1. The van der Waals surface area contributed by atoms with Crippen LogP contribution in [-0.4, -0.2) is 56.8 Å². The van der Waals surface area contributed by atoms with Crippen LogP contribution in [0.1, 0.15) is 12.7 Å². The van der Waals surface area contributed by atoms with Gasteiger partial charge in [-0.25, -0.2) is 9.78 Å². The highest BCUT2D eigenvalue weighted by Gasteiger charge is 2.13.